The highest BCUT2D eigenvalue weighted by Crippen LogP contribution is 2.25. The Kier molecular flexibility index (Phi) is 6.29. The third-order valence-corrected chi connectivity index (χ3v) is 5.51. The van der Waals surface area contributed by atoms with Gasteiger partial charge in [0.25, 0.3) is 0 Å². The van der Waals surface area contributed by atoms with Crippen LogP contribution in [0.15, 0.2) is 24.3 Å². The summed E-state index contributed by atoms with van der Waals surface area (Å²) in [4.78, 5) is 13.8. The largest absolute Gasteiger partial charge is 0.395 e. The van der Waals surface area contributed by atoms with Gasteiger partial charge in [0.15, 0.2) is 0 Å². The van der Waals surface area contributed by atoms with E-state index in [0.717, 1.165) is 43.8 Å². The lowest BCUT2D eigenvalue weighted by Gasteiger charge is -2.34. The molecule has 0 saturated carbocycles. The van der Waals surface area contributed by atoms with E-state index in [0.29, 0.717) is 6.04 Å². The molecule has 142 valence electrons. The summed E-state index contributed by atoms with van der Waals surface area (Å²) in [6.45, 7) is 6.17. The van der Waals surface area contributed by atoms with Gasteiger partial charge in [0, 0.05) is 42.3 Å². The quantitative estimate of drug-likeness (QED) is 0.623. The average molecular weight is 358 g/mol. The van der Waals surface area contributed by atoms with Crippen molar-refractivity contribution < 1.29 is 9.90 Å². The number of carbonyl (C=O) groups is 1. The minimum absolute atomic E-state index is 0.207. The van der Waals surface area contributed by atoms with Crippen molar-refractivity contribution in [1.82, 2.24) is 14.8 Å². The first-order chi connectivity index (χ1) is 12.6. The fourth-order valence-corrected chi connectivity index (χ4v) is 4.08. The number of hydrogen-bond donors (Lipinski definition) is 3. The van der Waals surface area contributed by atoms with Crippen LogP contribution in [0.2, 0.25) is 0 Å². The van der Waals surface area contributed by atoms with E-state index < -0.39 is 0 Å². The topological polar surface area (TPSA) is 83.5 Å². The summed E-state index contributed by atoms with van der Waals surface area (Å²) < 4.78 is 2.00. The third kappa shape index (κ3) is 4.09. The molecule has 0 bridgehead atoms. The molecule has 1 saturated heterocycles. The summed E-state index contributed by atoms with van der Waals surface area (Å²) in [5.74, 6) is -0.325. The Morgan fingerprint density at radius 1 is 1.35 bits per heavy atom. The first-order valence-electron chi connectivity index (χ1n) is 9.52. The average Bonchev–Trinajstić information content (AvgIpc) is 2.90. The molecule has 6 heteroatoms. The fourth-order valence-electron chi connectivity index (χ4n) is 4.08. The summed E-state index contributed by atoms with van der Waals surface area (Å²) >= 11 is 0. The van der Waals surface area contributed by atoms with E-state index in [1.807, 2.05) is 29.7 Å². The number of fused-ring (bicyclic) bond motifs is 1. The Bertz CT molecular complexity index is 756. The van der Waals surface area contributed by atoms with Crippen LogP contribution < -0.4 is 11.1 Å². The minimum atomic E-state index is -0.325. The van der Waals surface area contributed by atoms with Crippen molar-refractivity contribution in [3.8, 4) is 0 Å². The number of carbonyl (C=O) groups excluding carboxylic acids is 1. The van der Waals surface area contributed by atoms with E-state index in [2.05, 4.69) is 16.3 Å². The molecule has 1 aromatic heterocycles. The summed E-state index contributed by atoms with van der Waals surface area (Å²) in [6, 6.07) is 8.46. The molecule has 4 N–H and O–H groups in total. The molecule has 1 aliphatic heterocycles. The van der Waals surface area contributed by atoms with Gasteiger partial charge in [-0.1, -0.05) is 24.6 Å². The van der Waals surface area contributed by atoms with E-state index in [-0.39, 0.29) is 19.1 Å². The maximum absolute atomic E-state index is 11.4. The van der Waals surface area contributed by atoms with Gasteiger partial charge in [-0.3, -0.25) is 9.69 Å². The number of aromatic nitrogens is 1. The third-order valence-electron chi connectivity index (χ3n) is 5.51. The van der Waals surface area contributed by atoms with Gasteiger partial charge in [-0.15, -0.1) is 0 Å². The number of para-hydroxylation sites is 1. The summed E-state index contributed by atoms with van der Waals surface area (Å²) in [5, 5.41) is 14.2. The number of nitrogens with zero attached hydrogens (tertiary/aromatic N) is 2. The smallest absolute Gasteiger partial charge is 0.237 e. The molecule has 6 nitrogen and oxygen atoms in total. The molecule has 2 heterocycles. The lowest BCUT2D eigenvalue weighted by atomic mass is 10.0. The zero-order valence-corrected chi connectivity index (χ0v) is 15.6. The lowest BCUT2D eigenvalue weighted by Crippen LogP contribution is -2.44. The van der Waals surface area contributed by atoms with Crippen molar-refractivity contribution in [3.63, 3.8) is 0 Å². The van der Waals surface area contributed by atoms with Gasteiger partial charge in [-0.2, -0.15) is 0 Å². The molecule has 26 heavy (non-hydrogen) atoms. The molecule has 1 aliphatic rings. The van der Waals surface area contributed by atoms with Gasteiger partial charge >= 0.3 is 0 Å². The van der Waals surface area contributed by atoms with Crippen molar-refractivity contribution in [1.29, 1.82) is 0 Å². The van der Waals surface area contributed by atoms with E-state index in [4.69, 9.17) is 5.73 Å². The monoisotopic (exact) mass is 358 g/mol. The number of amides is 1. The summed E-state index contributed by atoms with van der Waals surface area (Å²) in [7, 11) is 0. The second kappa shape index (κ2) is 8.66. The number of benzene rings is 1. The van der Waals surface area contributed by atoms with Gasteiger partial charge in [0.2, 0.25) is 5.91 Å². The van der Waals surface area contributed by atoms with Crippen LogP contribution in [0.1, 0.15) is 30.5 Å². The van der Waals surface area contributed by atoms with Crippen LogP contribution >= 0.6 is 0 Å². The normalized spacial score (nSPS) is 18.5. The number of primary amides is 1. The molecule has 0 spiro atoms. The minimum Gasteiger partial charge on any atom is -0.395 e. The molecule has 2 aromatic rings. The Morgan fingerprint density at radius 3 is 2.92 bits per heavy atom. The van der Waals surface area contributed by atoms with Gasteiger partial charge in [-0.25, -0.2) is 0 Å². The molecule has 1 amide bonds. The van der Waals surface area contributed by atoms with Crippen molar-refractivity contribution >= 4 is 16.8 Å². The maximum Gasteiger partial charge on any atom is 0.237 e. The molecular formula is C20H30N4O2. The molecule has 3 rings (SSSR count). The second-order valence-corrected chi connectivity index (χ2v) is 7.18. The number of likely N-dealkylation sites (tertiary alicyclic amines) is 1. The number of piperidine rings is 1. The van der Waals surface area contributed by atoms with E-state index in [9.17, 15) is 9.90 Å². The number of aliphatic hydroxyl groups is 1. The number of aliphatic hydroxyl groups excluding tert-OH is 1. The van der Waals surface area contributed by atoms with Crippen molar-refractivity contribution in [2.45, 2.75) is 45.3 Å². The van der Waals surface area contributed by atoms with Crippen molar-refractivity contribution in [3.05, 3.63) is 35.5 Å². The molecule has 1 atom stereocenters. The van der Waals surface area contributed by atoms with Gasteiger partial charge < -0.3 is 20.7 Å². The molecule has 0 unspecified atom stereocenters. The highest BCUT2D eigenvalue weighted by molar-refractivity contribution is 5.87. The zero-order valence-electron chi connectivity index (χ0n) is 15.6. The molecule has 1 fully saturated rings. The highest BCUT2D eigenvalue weighted by atomic mass is 16.3. The Labute approximate surface area is 155 Å². The predicted molar refractivity (Wildman–Crippen MR) is 104 cm³/mol. The first kappa shape index (κ1) is 18.9. The van der Waals surface area contributed by atoms with Crippen molar-refractivity contribution in [2.75, 3.05) is 26.2 Å². The van der Waals surface area contributed by atoms with Crippen LogP contribution in [0.3, 0.4) is 0 Å². The molecular weight excluding hydrogens is 328 g/mol. The second-order valence-electron chi connectivity index (χ2n) is 7.18. The standard InChI is InChI=1S/C20H30N4O2/c1-15-18(12-22-9-11-23-10-5-4-6-16(23)14-25)17-7-2-3-8-19(17)24(15)13-20(21)26/h2-3,7-8,16,22,25H,4-6,9-14H2,1H3,(H2,21,26)/t16-/m1/s1. The predicted octanol–water partition coefficient (Wildman–Crippen LogP) is 1.37. The van der Waals surface area contributed by atoms with E-state index >= 15 is 0 Å². The SMILES string of the molecule is Cc1c(CNCCN2CCCC[C@@H]2CO)c2ccccc2n1CC(N)=O. The van der Waals surface area contributed by atoms with E-state index in [1.165, 1.54) is 23.8 Å². The van der Waals surface area contributed by atoms with E-state index in [1.54, 1.807) is 0 Å². The van der Waals surface area contributed by atoms with Crippen LogP contribution in [0.5, 0.6) is 0 Å². The van der Waals surface area contributed by atoms with Crippen LogP contribution in [0.4, 0.5) is 0 Å². The Hall–Kier alpha value is -1.89. The van der Waals surface area contributed by atoms with Crippen LogP contribution in [-0.2, 0) is 17.9 Å². The number of hydrogen-bond acceptors (Lipinski definition) is 4. The van der Waals surface area contributed by atoms with Gasteiger partial charge in [0.1, 0.15) is 6.54 Å². The van der Waals surface area contributed by atoms with Gasteiger partial charge in [0.05, 0.1) is 6.61 Å². The zero-order chi connectivity index (χ0) is 18.5. The van der Waals surface area contributed by atoms with Crippen LogP contribution in [0, 0.1) is 6.92 Å². The summed E-state index contributed by atoms with van der Waals surface area (Å²) in [6.07, 6.45) is 3.53. The maximum atomic E-state index is 11.4. The lowest BCUT2D eigenvalue weighted by molar-refractivity contribution is -0.118. The number of nitrogens with two attached hydrogens (primary N) is 1. The fraction of sp³-hybridized carbons (Fsp3) is 0.550. The van der Waals surface area contributed by atoms with Crippen LogP contribution in [-0.4, -0.2) is 52.8 Å². The first-order valence-corrected chi connectivity index (χ1v) is 9.52. The Morgan fingerprint density at radius 2 is 2.15 bits per heavy atom. The summed E-state index contributed by atoms with van der Waals surface area (Å²) in [5.41, 5.74) is 8.78. The van der Waals surface area contributed by atoms with Gasteiger partial charge in [-0.05, 0) is 37.9 Å². The number of rotatable bonds is 8. The van der Waals surface area contributed by atoms with Crippen LogP contribution in [0.25, 0.3) is 10.9 Å². The Balaban J connectivity index is 1.65. The molecule has 1 aromatic carbocycles. The molecule has 0 aliphatic carbocycles. The molecule has 0 radical (unpaired) electrons. The van der Waals surface area contributed by atoms with Crippen molar-refractivity contribution in [2.24, 2.45) is 5.73 Å². The number of nitrogens with one attached hydrogen (secondary N) is 1. The highest BCUT2D eigenvalue weighted by Gasteiger charge is 2.21.